The van der Waals surface area contributed by atoms with Gasteiger partial charge in [0.1, 0.15) is 0 Å². The van der Waals surface area contributed by atoms with Gasteiger partial charge < -0.3 is 4.90 Å². The number of hydrogen-bond donors (Lipinski definition) is 0. The molecule has 0 aromatic rings. The van der Waals surface area contributed by atoms with Gasteiger partial charge in [-0.3, -0.25) is 0 Å². The second kappa shape index (κ2) is 2.29. The van der Waals surface area contributed by atoms with Crippen LogP contribution in [0.3, 0.4) is 0 Å². The van der Waals surface area contributed by atoms with E-state index < -0.39 is 0 Å². The molecule has 0 saturated carbocycles. The molecule has 1 atom stereocenters. The van der Waals surface area contributed by atoms with E-state index in [4.69, 9.17) is 6.42 Å². The van der Waals surface area contributed by atoms with Crippen molar-refractivity contribution in [1.29, 1.82) is 0 Å². The van der Waals surface area contributed by atoms with Crippen LogP contribution in [0, 0.1) is 24.2 Å². The Morgan fingerprint density at radius 1 is 1.30 bits per heavy atom. The summed E-state index contributed by atoms with van der Waals surface area (Å²) < 4.78 is 0. The standard InChI is InChI=1S/C9H13N/c1-2-8-7-10-5-3-9(8)4-6-10/h1,8-9H,3-7H2. The van der Waals surface area contributed by atoms with Gasteiger partial charge in [0.25, 0.3) is 0 Å². The van der Waals surface area contributed by atoms with Gasteiger partial charge in [0, 0.05) is 12.5 Å². The lowest BCUT2D eigenvalue weighted by molar-refractivity contribution is 0.0779. The van der Waals surface area contributed by atoms with Crippen LogP contribution in [0.15, 0.2) is 0 Å². The summed E-state index contributed by atoms with van der Waals surface area (Å²) in [4.78, 5) is 2.49. The fourth-order valence-corrected chi connectivity index (χ4v) is 2.15. The fraction of sp³-hybridized carbons (Fsp3) is 0.778. The molecule has 0 aromatic carbocycles. The van der Waals surface area contributed by atoms with E-state index in [0.29, 0.717) is 5.92 Å². The second-order valence-electron chi connectivity index (χ2n) is 3.41. The Balaban J connectivity index is 2.09. The van der Waals surface area contributed by atoms with Crippen molar-refractivity contribution in [2.75, 3.05) is 19.6 Å². The van der Waals surface area contributed by atoms with Crippen molar-refractivity contribution in [3.05, 3.63) is 0 Å². The van der Waals surface area contributed by atoms with Crippen molar-refractivity contribution < 1.29 is 0 Å². The van der Waals surface area contributed by atoms with Gasteiger partial charge in [-0.25, -0.2) is 0 Å². The molecule has 10 heavy (non-hydrogen) atoms. The minimum atomic E-state index is 0.572. The maximum Gasteiger partial charge on any atom is 0.0356 e. The number of nitrogens with zero attached hydrogens (tertiary/aromatic N) is 1. The first kappa shape index (κ1) is 6.24. The van der Waals surface area contributed by atoms with Crippen LogP contribution >= 0.6 is 0 Å². The van der Waals surface area contributed by atoms with E-state index in [1.807, 2.05) is 0 Å². The van der Waals surface area contributed by atoms with Crippen LogP contribution in [0.5, 0.6) is 0 Å². The number of fused-ring (bicyclic) bond motifs is 3. The van der Waals surface area contributed by atoms with Gasteiger partial charge in [0.15, 0.2) is 0 Å². The molecule has 1 nitrogen and oxygen atoms in total. The number of piperidine rings is 3. The zero-order valence-electron chi connectivity index (χ0n) is 6.21. The Labute approximate surface area is 62.4 Å². The first-order valence-corrected chi connectivity index (χ1v) is 4.08. The smallest absolute Gasteiger partial charge is 0.0356 e. The normalized spacial score (nSPS) is 44.9. The van der Waals surface area contributed by atoms with E-state index in [2.05, 4.69) is 10.8 Å². The lowest BCUT2D eigenvalue weighted by atomic mass is 9.80. The third-order valence-corrected chi connectivity index (χ3v) is 2.87. The lowest BCUT2D eigenvalue weighted by Crippen LogP contribution is -2.46. The van der Waals surface area contributed by atoms with E-state index in [0.717, 1.165) is 5.92 Å². The van der Waals surface area contributed by atoms with E-state index in [-0.39, 0.29) is 0 Å². The zero-order chi connectivity index (χ0) is 6.97. The number of hydrogen-bond acceptors (Lipinski definition) is 1. The molecule has 1 unspecified atom stereocenters. The van der Waals surface area contributed by atoms with Crippen LogP contribution in [-0.2, 0) is 0 Å². The molecule has 0 spiro atoms. The van der Waals surface area contributed by atoms with Crippen LogP contribution in [0.1, 0.15) is 12.8 Å². The molecular formula is C9H13N. The van der Waals surface area contributed by atoms with Crippen molar-refractivity contribution in [1.82, 2.24) is 4.90 Å². The first-order valence-electron chi connectivity index (χ1n) is 4.08. The predicted molar refractivity (Wildman–Crippen MR) is 41.5 cm³/mol. The first-order chi connectivity index (χ1) is 4.90. The Hall–Kier alpha value is -0.480. The van der Waals surface area contributed by atoms with Crippen LogP contribution < -0.4 is 0 Å². The minimum Gasteiger partial charge on any atom is -0.302 e. The third-order valence-electron chi connectivity index (χ3n) is 2.87. The summed E-state index contributed by atoms with van der Waals surface area (Å²) in [6, 6.07) is 0. The van der Waals surface area contributed by atoms with Crippen molar-refractivity contribution in [3.63, 3.8) is 0 Å². The van der Waals surface area contributed by atoms with Gasteiger partial charge in [0.2, 0.25) is 0 Å². The molecule has 3 aliphatic heterocycles. The van der Waals surface area contributed by atoms with Crippen LogP contribution in [0.4, 0.5) is 0 Å². The Morgan fingerprint density at radius 2 is 2.00 bits per heavy atom. The molecule has 3 rings (SSSR count). The van der Waals surface area contributed by atoms with Gasteiger partial charge in [0.05, 0.1) is 0 Å². The van der Waals surface area contributed by atoms with Crippen LogP contribution in [-0.4, -0.2) is 24.5 Å². The quantitative estimate of drug-likeness (QED) is 0.447. The van der Waals surface area contributed by atoms with Gasteiger partial charge >= 0.3 is 0 Å². The largest absolute Gasteiger partial charge is 0.302 e. The summed E-state index contributed by atoms with van der Waals surface area (Å²) in [5.41, 5.74) is 0. The maximum atomic E-state index is 5.41. The van der Waals surface area contributed by atoms with E-state index in [9.17, 15) is 0 Å². The van der Waals surface area contributed by atoms with Gasteiger partial charge in [-0.1, -0.05) is 0 Å². The fourth-order valence-electron chi connectivity index (χ4n) is 2.15. The highest BCUT2D eigenvalue weighted by atomic mass is 15.1. The van der Waals surface area contributed by atoms with E-state index in [1.54, 1.807) is 0 Å². The van der Waals surface area contributed by atoms with Crippen LogP contribution in [0.25, 0.3) is 0 Å². The molecule has 1 heteroatoms. The lowest BCUT2D eigenvalue weighted by Gasteiger charge is -2.42. The SMILES string of the molecule is C#CC1CN2CCC1CC2. The predicted octanol–water partition coefficient (Wildman–Crippen LogP) is 0.961. The Kier molecular flexibility index (Phi) is 1.43. The molecule has 3 aliphatic rings. The molecule has 0 aliphatic carbocycles. The Bertz CT molecular complexity index is 160. The second-order valence-corrected chi connectivity index (χ2v) is 3.41. The molecule has 0 radical (unpaired) electrons. The molecule has 3 fully saturated rings. The summed E-state index contributed by atoms with van der Waals surface area (Å²) in [6.45, 7) is 3.76. The topological polar surface area (TPSA) is 3.24 Å². The highest BCUT2D eigenvalue weighted by Crippen LogP contribution is 2.31. The van der Waals surface area contributed by atoms with Crippen LogP contribution in [0.2, 0.25) is 0 Å². The Morgan fingerprint density at radius 3 is 2.30 bits per heavy atom. The molecule has 3 saturated heterocycles. The summed E-state index contributed by atoms with van der Waals surface area (Å²) in [5.74, 6) is 4.32. The third kappa shape index (κ3) is 0.839. The summed E-state index contributed by atoms with van der Waals surface area (Å²) in [7, 11) is 0. The number of terminal acetylenes is 1. The highest BCUT2D eigenvalue weighted by molar-refractivity contribution is 5.02. The maximum absolute atomic E-state index is 5.41. The molecule has 3 heterocycles. The van der Waals surface area contributed by atoms with Crippen molar-refractivity contribution in [3.8, 4) is 12.3 Å². The monoisotopic (exact) mass is 135 g/mol. The molecule has 0 N–H and O–H groups in total. The zero-order valence-corrected chi connectivity index (χ0v) is 6.21. The molecule has 0 amide bonds. The summed E-state index contributed by atoms with van der Waals surface area (Å²) in [5, 5.41) is 0. The van der Waals surface area contributed by atoms with E-state index in [1.165, 1.54) is 32.5 Å². The molecule has 0 aromatic heterocycles. The van der Waals surface area contributed by atoms with Crippen molar-refractivity contribution in [2.24, 2.45) is 11.8 Å². The van der Waals surface area contributed by atoms with Crippen molar-refractivity contribution in [2.45, 2.75) is 12.8 Å². The average Bonchev–Trinajstić information content (AvgIpc) is 2.06. The molecular weight excluding hydrogens is 122 g/mol. The summed E-state index contributed by atoms with van der Waals surface area (Å²) >= 11 is 0. The van der Waals surface area contributed by atoms with E-state index >= 15 is 0 Å². The number of rotatable bonds is 0. The van der Waals surface area contributed by atoms with Gasteiger partial charge in [-0.05, 0) is 31.8 Å². The van der Waals surface area contributed by atoms with Crippen molar-refractivity contribution >= 4 is 0 Å². The van der Waals surface area contributed by atoms with Gasteiger partial charge in [-0.15, -0.1) is 12.3 Å². The van der Waals surface area contributed by atoms with Gasteiger partial charge in [-0.2, -0.15) is 0 Å². The molecule has 2 bridgehead atoms. The minimum absolute atomic E-state index is 0.572. The average molecular weight is 135 g/mol. The highest BCUT2D eigenvalue weighted by Gasteiger charge is 2.32. The summed E-state index contributed by atoms with van der Waals surface area (Å²) in [6.07, 6.45) is 8.10. The molecule has 54 valence electrons.